The number of hydrogen-bond acceptors (Lipinski definition) is 6. The number of amides is 1. The third-order valence-corrected chi connectivity index (χ3v) is 5.30. The largest absolute Gasteiger partial charge is 0.369 e. The fraction of sp³-hybridized carbons (Fsp3) is 0.476. The fourth-order valence-corrected chi connectivity index (χ4v) is 3.74. The fourth-order valence-electron chi connectivity index (χ4n) is 3.74. The second-order valence-electron chi connectivity index (χ2n) is 7.47. The molecule has 0 aromatic carbocycles. The van der Waals surface area contributed by atoms with Crippen molar-refractivity contribution in [3.63, 3.8) is 0 Å². The summed E-state index contributed by atoms with van der Waals surface area (Å²) < 4.78 is 18.9. The van der Waals surface area contributed by atoms with E-state index in [0.29, 0.717) is 31.3 Å². The minimum Gasteiger partial charge on any atom is -0.369 e. The average Bonchev–Trinajstić information content (AvgIpc) is 2.76. The first-order chi connectivity index (χ1) is 14.2. The van der Waals surface area contributed by atoms with Gasteiger partial charge < -0.3 is 15.0 Å². The number of nitrogens with one attached hydrogen (secondary N) is 1. The maximum absolute atomic E-state index is 13.0. The van der Waals surface area contributed by atoms with Crippen LogP contribution < -0.4 is 5.32 Å². The van der Waals surface area contributed by atoms with Crippen LogP contribution in [0.15, 0.2) is 36.5 Å². The molecule has 0 bridgehead atoms. The lowest BCUT2D eigenvalue weighted by atomic mass is 10.1. The van der Waals surface area contributed by atoms with E-state index in [1.54, 1.807) is 6.07 Å². The van der Waals surface area contributed by atoms with Crippen molar-refractivity contribution in [2.75, 3.05) is 44.6 Å². The summed E-state index contributed by atoms with van der Waals surface area (Å²) in [5.74, 6) is 0.962. The standard InChI is InChI=1S/C21H26FN5O2/c22-16-7-8-19(23-13-16)25-20-6-4-5-17(24-20)18-14-26(11-12-29-18)15-21(28)27-9-2-1-3-10-27/h4-8,13,18H,1-3,9-12,14-15H2,(H,23,24,25). The van der Waals surface area contributed by atoms with Gasteiger partial charge in [0.15, 0.2) is 0 Å². The lowest BCUT2D eigenvalue weighted by Crippen LogP contribution is -2.46. The normalized spacial score (nSPS) is 20.4. The number of aromatic nitrogens is 2. The van der Waals surface area contributed by atoms with Gasteiger partial charge in [0.1, 0.15) is 23.6 Å². The summed E-state index contributed by atoms with van der Waals surface area (Å²) in [6.45, 7) is 4.12. The third kappa shape index (κ3) is 5.27. The summed E-state index contributed by atoms with van der Waals surface area (Å²) in [6, 6.07) is 8.56. The van der Waals surface area contributed by atoms with Gasteiger partial charge in [0.2, 0.25) is 5.91 Å². The highest BCUT2D eigenvalue weighted by molar-refractivity contribution is 5.78. The van der Waals surface area contributed by atoms with Gasteiger partial charge in [-0.25, -0.2) is 14.4 Å². The lowest BCUT2D eigenvalue weighted by Gasteiger charge is -2.34. The second-order valence-corrected chi connectivity index (χ2v) is 7.47. The van der Waals surface area contributed by atoms with Gasteiger partial charge in [0.05, 0.1) is 25.0 Å². The Morgan fingerprint density at radius 1 is 1.14 bits per heavy atom. The Hall–Kier alpha value is -2.58. The molecule has 154 valence electrons. The summed E-state index contributed by atoms with van der Waals surface area (Å²) in [5.41, 5.74) is 0.798. The molecule has 4 heterocycles. The quantitative estimate of drug-likeness (QED) is 0.834. The van der Waals surface area contributed by atoms with E-state index in [4.69, 9.17) is 4.74 Å². The first-order valence-corrected chi connectivity index (χ1v) is 10.1. The Bertz CT molecular complexity index is 826. The average molecular weight is 399 g/mol. The van der Waals surface area contributed by atoms with Crippen molar-refractivity contribution in [2.24, 2.45) is 0 Å². The first kappa shape index (κ1) is 19.7. The Kier molecular flexibility index (Phi) is 6.31. The van der Waals surface area contributed by atoms with Gasteiger partial charge in [-0.1, -0.05) is 6.07 Å². The van der Waals surface area contributed by atoms with E-state index in [1.807, 2.05) is 23.1 Å². The molecule has 1 atom stereocenters. The molecule has 1 amide bonds. The van der Waals surface area contributed by atoms with Gasteiger partial charge in [0.25, 0.3) is 0 Å². The minimum absolute atomic E-state index is 0.194. The molecule has 1 unspecified atom stereocenters. The molecule has 0 saturated carbocycles. The number of pyridine rings is 2. The number of hydrogen-bond donors (Lipinski definition) is 1. The highest BCUT2D eigenvalue weighted by Crippen LogP contribution is 2.23. The summed E-state index contributed by atoms with van der Waals surface area (Å²) in [6.07, 6.45) is 4.38. The van der Waals surface area contributed by atoms with E-state index in [2.05, 4.69) is 20.2 Å². The van der Waals surface area contributed by atoms with Gasteiger partial charge in [-0.2, -0.15) is 0 Å². The van der Waals surface area contributed by atoms with Crippen LogP contribution in [-0.2, 0) is 9.53 Å². The van der Waals surface area contributed by atoms with Crippen molar-refractivity contribution >= 4 is 17.5 Å². The predicted molar refractivity (Wildman–Crippen MR) is 107 cm³/mol. The Morgan fingerprint density at radius 2 is 2.00 bits per heavy atom. The van der Waals surface area contributed by atoms with Crippen molar-refractivity contribution in [3.8, 4) is 0 Å². The number of likely N-dealkylation sites (tertiary alicyclic amines) is 1. The van der Waals surface area contributed by atoms with E-state index < -0.39 is 0 Å². The summed E-state index contributed by atoms with van der Waals surface area (Å²) in [5, 5.41) is 3.08. The molecule has 0 radical (unpaired) electrons. The summed E-state index contributed by atoms with van der Waals surface area (Å²) >= 11 is 0. The number of rotatable bonds is 5. The van der Waals surface area contributed by atoms with Gasteiger partial charge in [-0.15, -0.1) is 0 Å². The van der Waals surface area contributed by atoms with Crippen molar-refractivity contribution in [1.29, 1.82) is 0 Å². The molecule has 0 spiro atoms. The lowest BCUT2D eigenvalue weighted by molar-refractivity contribution is -0.135. The Labute approximate surface area is 169 Å². The summed E-state index contributed by atoms with van der Waals surface area (Å²) in [7, 11) is 0. The molecule has 2 aliphatic rings. The molecule has 2 saturated heterocycles. The zero-order valence-corrected chi connectivity index (χ0v) is 16.4. The molecule has 0 aliphatic carbocycles. The van der Waals surface area contributed by atoms with E-state index in [0.717, 1.165) is 44.4 Å². The maximum Gasteiger partial charge on any atom is 0.236 e. The Morgan fingerprint density at radius 3 is 2.79 bits per heavy atom. The van der Waals surface area contributed by atoms with E-state index in [-0.39, 0.29) is 17.8 Å². The smallest absolute Gasteiger partial charge is 0.236 e. The topological polar surface area (TPSA) is 70.6 Å². The number of piperidine rings is 1. The van der Waals surface area contributed by atoms with E-state index >= 15 is 0 Å². The SMILES string of the molecule is O=C(CN1CCOC(c2cccc(Nc3ccc(F)cn3)n2)C1)N1CCCCC1. The number of carbonyl (C=O) groups is 1. The van der Waals surface area contributed by atoms with Crippen LogP contribution >= 0.6 is 0 Å². The highest BCUT2D eigenvalue weighted by atomic mass is 19.1. The maximum atomic E-state index is 13.0. The van der Waals surface area contributed by atoms with Crippen molar-refractivity contribution in [1.82, 2.24) is 19.8 Å². The van der Waals surface area contributed by atoms with E-state index in [1.165, 1.54) is 12.5 Å². The van der Waals surface area contributed by atoms with Crippen molar-refractivity contribution in [3.05, 3.63) is 48.0 Å². The van der Waals surface area contributed by atoms with Gasteiger partial charge in [-0.05, 0) is 43.5 Å². The zero-order chi connectivity index (χ0) is 20.1. The molecule has 8 heteroatoms. The van der Waals surface area contributed by atoms with Gasteiger partial charge in [-0.3, -0.25) is 9.69 Å². The molecule has 29 heavy (non-hydrogen) atoms. The number of nitrogens with zero attached hydrogens (tertiary/aromatic N) is 4. The zero-order valence-electron chi connectivity index (χ0n) is 16.4. The van der Waals surface area contributed by atoms with Crippen LogP contribution in [-0.4, -0.2) is 65.0 Å². The number of carbonyl (C=O) groups excluding carboxylic acids is 1. The minimum atomic E-state index is -0.382. The predicted octanol–water partition coefficient (Wildman–Crippen LogP) is 2.75. The van der Waals surface area contributed by atoms with Crippen LogP contribution in [0.1, 0.15) is 31.1 Å². The first-order valence-electron chi connectivity index (χ1n) is 10.1. The van der Waals surface area contributed by atoms with Crippen LogP contribution in [0.2, 0.25) is 0 Å². The van der Waals surface area contributed by atoms with Crippen LogP contribution in [0.5, 0.6) is 0 Å². The van der Waals surface area contributed by atoms with Crippen LogP contribution in [0.25, 0.3) is 0 Å². The molecular formula is C21H26FN5O2. The monoisotopic (exact) mass is 399 g/mol. The number of ether oxygens (including phenoxy) is 1. The third-order valence-electron chi connectivity index (χ3n) is 5.30. The number of halogens is 1. The molecule has 2 aromatic heterocycles. The molecule has 4 rings (SSSR count). The highest BCUT2D eigenvalue weighted by Gasteiger charge is 2.26. The Balaban J connectivity index is 1.37. The van der Waals surface area contributed by atoms with Crippen molar-refractivity contribution in [2.45, 2.75) is 25.4 Å². The summed E-state index contributed by atoms with van der Waals surface area (Å²) in [4.78, 5) is 25.3. The molecular weight excluding hydrogens is 373 g/mol. The molecule has 2 aromatic rings. The van der Waals surface area contributed by atoms with Crippen LogP contribution in [0, 0.1) is 5.82 Å². The van der Waals surface area contributed by atoms with Crippen molar-refractivity contribution < 1.29 is 13.9 Å². The number of anilines is 2. The molecule has 2 fully saturated rings. The van der Waals surface area contributed by atoms with E-state index in [9.17, 15) is 9.18 Å². The second kappa shape index (κ2) is 9.28. The van der Waals surface area contributed by atoms with Crippen LogP contribution in [0.4, 0.5) is 16.0 Å². The van der Waals surface area contributed by atoms with Gasteiger partial charge >= 0.3 is 0 Å². The molecule has 1 N–H and O–H groups in total. The number of morpholine rings is 1. The molecule has 2 aliphatic heterocycles. The van der Waals surface area contributed by atoms with Crippen LogP contribution in [0.3, 0.4) is 0 Å². The van der Waals surface area contributed by atoms with Gasteiger partial charge in [0, 0.05) is 26.2 Å². The molecule has 7 nitrogen and oxygen atoms in total.